The maximum absolute atomic E-state index is 6.15. The van der Waals surface area contributed by atoms with Crippen LogP contribution in [0.5, 0.6) is 0 Å². The second-order valence-electron chi connectivity index (χ2n) is 5.26. The summed E-state index contributed by atoms with van der Waals surface area (Å²) >= 11 is 12.1. The van der Waals surface area contributed by atoms with Crippen LogP contribution in [0.25, 0.3) is 0 Å². The van der Waals surface area contributed by atoms with Crippen molar-refractivity contribution < 1.29 is 0 Å². The van der Waals surface area contributed by atoms with Crippen LogP contribution in [-0.4, -0.2) is 6.17 Å². The van der Waals surface area contributed by atoms with Crippen molar-refractivity contribution >= 4 is 23.2 Å². The summed E-state index contributed by atoms with van der Waals surface area (Å²) in [6, 6.07) is 5.65. The molecule has 1 aromatic rings. The van der Waals surface area contributed by atoms with Crippen molar-refractivity contribution in [3.63, 3.8) is 0 Å². The second kappa shape index (κ2) is 8.04. The molecule has 2 nitrogen and oxygen atoms in total. The third-order valence-corrected chi connectivity index (χ3v) is 4.61. The lowest BCUT2D eigenvalue weighted by Gasteiger charge is -2.37. The summed E-state index contributed by atoms with van der Waals surface area (Å²) < 4.78 is 0. The van der Waals surface area contributed by atoms with Crippen molar-refractivity contribution in [2.45, 2.75) is 50.6 Å². The van der Waals surface area contributed by atoms with Crippen molar-refractivity contribution in [2.24, 2.45) is 11.5 Å². The molecular weight excluding hydrogens is 291 g/mol. The highest BCUT2D eigenvalue weighted by Gasteiger charge is 2.35. The van der Waals surface area contributed by atoms with Gasteiger partial charge < -0.3 is 11.5 Å². The number of halogens is 2. The first kappa shape index (κ1) is 17.5. The molecule has 0 saturated carbocycles. The second-order valence-corrected chi connectivity index (χ2v) is 6.08. The highest BCUT2D eigenvalue weighted by Crippen LogP contribution is 2.38. The van der Waals surface area contributed by atoms with Crippen molar-refractivity contribution in [2.75, 3.05) is 0 Å². The van der Waals surface area contributed by atoms with Crippen molar-refractivity contribution in [3.8, 4) is 0 Å². The molecule has 0 bridgehead atoms. The minimum Gasteiger partial charge on any atom is -0.315 e. The van der Waals surface area contributed by atoms with Crippen LogP contribution >= 0.6 is 23.2 Å². The number of unbranched alkanes of at least 4 members (excludes halogenated alkanes) is 2. The molecule has 4 heteroatoms. The summed E-state index contributed by atoms with van der Waals surface area (Å²) in [5, 5.41) is 1.08. The van der Waals surface area contributed by atoms with E-state index in [-0.39, 0.29) is 5.41 Å². The Balaban J connectivity index is 3.18. The zero-order valence-electron chi connectivity index (χ0n) is 12.0. The fourth-order valence-electron chi connectivity index (χ4n) is 2.61. The van der Waals surface area contributed by atoms with Crippen LogP contribution in [-0.2, 0) is 5.41 Å². The normalized spacial score (nSPS) is 14.3. The van der Waals surface area contributed by atoms with Gasteiger partial charge in [0.1, 0.15) is 0 Å². The van der Waals surface area contributed by atoms with E-state index in [1.54, 1.807) is 6.07 Å². The molecule has 0 aliphatic rings. The molecule has 0 saturated heterocycles. The van der Waals surface area contributed by atoms with Gasteiger partial charge in [0.25, 0.3) is 0 Å². The van der Waals surface area contributed by atoms with E-state index >= 15 is 0 Å². The molecule has 0 fully saturated rings. The van der Waals surface area contributed by atoms with Gasteiger partial charge in [-0.1, -0.05) is 61.5 Å². The number of hydrogen-bond donors (Lipinski definition) is 2. The van der Waals surface area contributed by atoms with Gasteiger partial charge in [0.2, 0.25) is 0 Å². The van der Waals surface area contributed by atoms with Crippen molar-refractivity contribution in [3.05, 3.63) is 46.5 Å². The minimum absolute atomic E-state index is 0.328. The molecular formula is C16H24Cl2N2. The van der Waals surface area contributed by atoms with Crippen LogP contribution in [0.2, 0.25) is 10.0 Å². The van der Waals surface area contributed by atoms with Crippen LogP contribution in [0.1, 0.15) is 44.6 Å². The number of benzene rings is 1. The van der Waals surface area contributed by atoms with Crippen LogP contribution in [0.4, 0.5) is 0 Å². The SMILES string of the molecule is C=CCC(CCCCC)(c1ccc(Cl)c(Cl)c1)C(N)N. The third-order valence-electron chi connectivity index (χ3n) is 3.87. The Labute approximate surface area is 132 Å². The summed E-state index contributed by atoms with van der Waals surface area (Å²) in [5.74, 6) is 0. The first-order valence-corrected chi connectivity index (χ1v) is 7.81. The van der Waals surface area contributed by atoms with Crippen molar-refractivity contribution in [1.82, 2.24) is 0 Å². The smallest absolute Gasteiger partial charge is 0.0623 e. The molecule has 0 spiro atoms. The molecule has 0 radical (unpaired) electrons. The lowest BCUT2D eigenvalue weighted by atomic mass is 9.71. The monoisotopic (exact) mass is 314 g/mol. The minimum atomic E-state index is -0.463. The zero-order chi connectivity index (χ0) is 15.2. The van der Waals surface area contributed by atoms with E-state index in [4.69, 9.17) is 34.7 Å². The first-order valence-electron chi connectivity index (χ1n) is 7.05. The number of rotatable bonds is 8. The van der Waals surface area contributed by atoms with Crippen LogP contribution in [0.3, 0.4) is 0 Å². The Bertz CT molecular complexity index is 446. The zero-order valence-corrected chi connectivity index (χ0v) is 13.6. The molecule has 20 heavy (non-hydrogen) atoms. The van der Waals surface area contributed by atoms with Gasteiger partial charge in [-0.3, -0.25) is 0 Å². The largest absolute Gasteiger partial charge is 0.315 e. The summed E-state index contributed by atoms with van der Waals surface area (Å²) in [7, 11) is 0. The predicted molar refractivity (Wildman–Crippen MR) is 89.3 cm³/mol. The summed E-state index contributed by atoms with van der Waals surface area (Å²) in [6.07, 6.45) is 6.46. The van der Waals surface area contributed by atoms with Crippen LogP contribution in [0, 0.1) is 0 Å². The predicted octanol–water partition coefficient (Wildman–Crippen LogP) is 4.63. The highest BCUT2D eigenvalue weighted by atomic mass is 35.5. The molecule has 0 aromatic heterocycles. The lowest BCUT2D eigenvalue weighted by molar-refractivity contribution is 0.313. The van der Waals surface area contributed by atoms with E-state index in [0.717, 1.165) is 37.7 Å². The fraction of sp³-hybridized carbons (Fsp3) is 0.500. The lowest BCUT2D eigenvalue weighted by Crippen LogP contribution is -2.51. The van der Waals surface area contributed by atoms with E-state index in [0.29, 0.717) is 10.0 Å². The highest BCUT2D eigenvalue weighted by molar-refractivity contribution is 6.42. The maximum atomic E-state index is 6.15. The average molecular weight is 315 g/mol. The molecule has 0 aliphatic heterocycles. The van der Waals surface area contributed by atoms with Crippen LogP contribution in [0.15, 0.2) is 30.9 Å². The van der Waals surface area contributed by atoms with Gasteiger partial charge in [0.05, 0.1) is 16.2 Å². The topological polar surface area (TPSA) is 52.0 Å². The van der Waals surface area contributed by atoms with Gasteiger partial charge in [-0.15, -0.1) is 6.58 Å². The van der Waals surface area contributed by atoms with E-state index < -0.39 is 6.17 Å². The van der Waals surface area contributed by atoms with E-state index in [1.807, 2.05) is 18.2 Å². The van der Waals surface area contributed by atoms with Gasteiger partial charge in [-0.2, -0.15) is 0 Å². The van der Waals surface area contributed by atoms with Crippen molar-refractivity contribution in [1.29, 1.82) is 0 Å². The summed E-state index contributed by atoms with van der Waals surface area (Å²) in [6.45, 7) is 6.03. The molecule has 112 valence electrons. The fourth-order valence-corrected chi connectivity index (χ4v) is 2.91. The van der Waals surface area contributed by atoms with Gasteiger partial charge in [-0.25, -0.2) is 0 Å². The molecule has 0 heterocycles. The van der Waals surface area contributed by atoms with E-state index in [9.17, 15) is 0 Å². The molecule has 1 rings (SSSR count). The summed E-state index contributed by atoms with van der Waals surface area (Å²) in [4.78, 5) is 0. The third kappa shape index (κ3) is 3.98. The Hall–Kier alpha value is -0.540. The van der Waals surface area contributed by atoms with Gasteiger partial charge in [0.15, 0.2) is 0 Å². The van der Waals surface area contributed by atoms with E-state index in [1.165, 1.54) is 0 Å². The molecule has 1 aromatic carbocycles. The molecule has 1 atom stereocenters. The molecule has 0 amide bonds. The quantitative estimate of drug-likeness (QED) is 0.417. The van der Waals surface area contributed by atoms with Gasteiger partial charge in [-0.05, 0) is 30.5 Å². The van der Waals surface area contributed by atoms with E-state index in [2.05, 4.69) is 13.5 Å². The Morgan fingerprint density at radius 3 is 2.45 bits per heavy atom. The number of nitrogens with two attached hydrogens (primary N) is 2. The Morgan fingerprint density at radius 2 is 1.95 bits per heavy atom. The average Bonchev–Trinajstić information content (AvgIpc) is 2.41. The number of allylic oxidation sites excluding steroid dienone is 1. The first-order chi connectivity index (χ1) is 9.47. The maximum Gasteiger partial charge on any atom is 0.0623 e. The standard InChI is InChI=1S/C16H24Cl2N2/c1-3-5-6-10-16(9-4-2,15(19)20)12-7-8-13(17)14(18)11-12/h4,7-8,11,15H,2-3,5-6,9-10,19-20H2,1H3. The van der Waals surface area contributed by atoms with Gasteiger partial charge >= 0.3 is 0 Å². The molecule has 4 N–H and O–H groups in total. The van der Waals surface area contributed by atoms with Crippen LogP contribution < -0.4 is 11.5 Å². The van der Waals surface area contributed by atoms with Gasteiger partial charge in [0, 0.05) is 5.41 Å². The molecule has 0 aliphatic carbocycles. The Morgan fingerprint density at radius 1 is 1.25 bits per heavy atom. The summed E-state index contributed by atoms with van der Waals surface area (Å²) in [5.41, 5.74) is 12.9. The molecule has 1 unspecified atom stereocenters. The Kier molecular flexibility index (Phi) is 7.04. The number of hydrogen-bond acceptors (Lipinski definition) is 2.